The van der Waals surface area contributed by atoms with Crippen LogP contribution in [0.15, 0.2) is 36.0 Å². The van der Waals surface area contributed by atoms with Crippen molar-refractivity contribution in [2.75, 3.05) is 0 Å². The minimum Gasteiger partial charge on any atom is -0.0920 e. The first kappa shape index (κ1) is 9.86. The van der Waals surface area contributed by atoms with Gasteiger partial charge in [0.2, 0.25) is 0 Å². The van der Waals surface area contributed by atoms with Gasteiger partial charge in [0, 0.05) is 11.0 Å². The average molecular weight is 172 g/mol. The van der Waals surface area contributed by atoms with Crippen molar-refractivity contribution >= 4 is 0 Å². The van der Waals surface area contributed by atoms with Crippen molar-refractivity contribution in [2.45, 2.75) is 27.2 Å². The molecule has 0 atom stereocenters. The maximum absolute atomic E-state index is 3.22. The zero-order valence-electron chi connectivity index (χ0n) is 8.59. The first-order chi connectivity index (χ1) is 6.08. The van der Waals surface area contributed by atoms with Crippen LogP contribution in [-0.2, 0) is 0 Å². The number of rotatable bonds is 0. The van der Waals surface area contributed by atoms with E-state index >= 15 is 0 Å². The van der Waals surface area contributed by atoms with Crippen molar-refractivity contribution in [2.24, 2.45) is 5.41 Å². The highest BCUT2D eigenvalue weighted by atomic mass is 14.1. The van der Waals surface area contributed by atoms with Gasteiger partial charge < -0.3 is 0 Å². The van der Waals surface area contributed by atoms with Crippen molar-refractivity contribution in [3.8, 4) is 11.8 Å². The molecule has 0 radical (unpaired) electrons. The Kier molecular flexibility index (Phi) is 3.14. The fourth-order valence-corrected chi connectivity index (χ4v) is 0.932. The molecule has 0 aromatic rings. The van der Waals surface area contributed by atoms with Crippen molar-refractivity contribution < 1.29 is 0 Å². The van der Waals surface area contributed by atoms with Gasteiger partial charge >= 0.3 is 0 Å². The van der Waals surface area contributed by atoms with Gasteiger partial charge in [-0.1, -0.05) is 36.1 Å². The van der Waals surface area contributed by atoms with Gasteiger partial charge in [0.1, 0.15) is 0 Å². The fraction of sp³-hybridized carbons (Fsp3) is 0.385. The summed E-state index contributed by atoms with van der Waals surface area (Å²) < 4.78 is 0. The molecule has 1 aliphatic rings. The highest BCUT2D eigenvalue weighted by Gasteiger charge is 2.03. The Morgan fingerprint density at radius 1 is 1.23 bits per heavy atom. The summed E-state index contributed by atoms with van der Waals surface area (Å²) in [5.74, 6) is 6.41. The molecule has 0 amide bonds. The van der Waals surface area contributed by atoms with Gasteiger partial charge in [0.25, 0.3) is 0 Å². The molecular formula is C13H16. The Morgan fingerprint density at radius 3 is 2.69 bits per heavy atom. The van der Waals surface area contributed by atoms with Crippen LogP contribution in [0.2, 0.25) is 0 Å². The molecule has 0 heterocycles. The van der Waals surface area contributed by atoms with Crippen LogP contribution in [0.3, 0.4) is 0 Å². The molecule has 0 heteroatoms. The molecular weight excluding hydrogens is 156 g/mol. The Hall–Kier alpha value is -1.22. The first-order valence-electron chi connectivity index (χ1n) is 4.64. The van der Waals surface area contributed by atoms with Gasteiger partial charge in [-0.2, -0.15) is 0 Å². The Balaban J connectivity index is 2.73. The van der Waals surface area contributed by atoms with E-state index in [1.165, 1.54) is 0 Å². The zero-order chi connectivity index (χ0) is 9.73. The molecule has 1 aliphatic carbocycles. The van der Waals surface area contributed by atoms with Crippen LogP contribution in [0.1, 0.15) is 27.2 Å². The standard InChI is InChI=1S/C13H16/c1-13(2,3)11-10-12-8-6-4-5-7-9-12/h4-6,8-9H,7H2,1-3H3. The van der Waals surface area contributed by atoms with E-state index < -0.39 is 0 Å². The van der Waals surface area contributed by atoms with E-state index in [1.807, 2.05) is 6.08 Å². The van der Waals surface area contributed by atoms with Crippen LogP contribution in [-0.4, -0.2) is 0 Å². The SMILES string of the molecule is CC(C)(C)C#CC1=CCC=CC=C1. The normalized spacial score (nSPS) is 15.8. The predicted octanol–water partition coefficient (Wildman–Crippen LogP) is 3.48. The van der Waals surface area contributed by atoms with Crippen LogP contribution in [0.25, 0.3) is 0 Å². The maximum atomic E-state index is 3.22. The largest absolute Gasteiger partial charge is 0.0920 e. The van der Waals surface area contributed by atoms with Crippen molar-refractivity contribution in [1.82, 2.24) is 0 Å². The van der Waals surface area contributed by atoms with E-state index in [2.05, 4.69) is 56.9 Å². The molecule has 1 rings (SSSR count). The van der Waals surface area contributed by atoms with E-state index in [0.717, 1.165) is 12.0 Å². The van der Waals surface area contributed by atoms with Crippen LogP contribution in [0, 0.1) is 17.3 Å². The van der Waals surface area contributed by atoms with Crippen LogP contribution >= 0.6 is 0 Å². The minimum absolute atomic E-state index is 0.0917. The van der Waals surface area contributed by atoms with E-state index in [9.17, 15) is 0 Å². The quantitative estimate of drug-likeness (QED) is 0.491. The molecule has 0 saturated heterocycles. The molecule has 68 valence electrons. The van der Waals surface area contributed by atoms with Gasteiger partial charge in [0.15, 0.2) is 0 Å². The molecule has 13 heavy (non-hydrogen) atoms. The van der Waals surface area contributed by atoms with Crippen LogP contribution < -0.4 is 0 Å². The average Bonchev–Trinajstić information content (AvgIpc) is 2.26. The molecule has 0 nitrogen and oxygen atoms in total. The lowest BCUT2D eigenvalue weighted by Crippen LogP contribution is -1.99. The molecule has 0 saturated carbocycles. The lowest BCUT2D eigenvalue weighted by atomic mass is 9.97. The summed E-state index contributed by atoms with van der Waals surface area (Å²) in [6.07, 6.45) is 11.4. The third-order valence-electron chi connectivity index (χ3n) is 1.58. The summed E-state index contributed by atoms with van der Waals surface area (Å²) in [6, 6.07) is 0. The zero-order valence-corrected chi connectivity index (χ0v) is 8.59. The van der Waals surface area contributed by atoms with Crippen molar-refractivity contribution in [3.63, 3.8) is 0 Å². The minimum atomic E-state index is 0.0917. The van der Waals surface area contributed by atoms with Crippen LogP contribution in [0.4, 0.5) is 0 Å². The molecule has 0 spiro atoms. The number of hydrogen-bond acceptors (Lipinski definition) is 0. The third-order valence-corrected chi connectivity index (χ3v) is 1.58. The first-order valence-corrected chi connectivity index (χ1v) is 4.64. The molecule has 0 N–H and O–H groups in total. The summed E-state index contributed by atoms with van der Waals surface area (Å²) in [6.45, 7) is 6.37. The maximum Gasteiger partial charge on any atom is 0.0234 e. The summed E-state index contributed by atoms with van der Waals surface area (Å²) in [5.41, 5.74) is 1.22. The second-order valence-electron chi connectivity index (χ2n) is 4.18. The third kappa shape index (κ3) is 4.38. The van der Waals surface area contributed by atoms with Gasteiger partial charge in [-0.05, 0) is 33.3 Å². The lowest BCUT2D eigenvalue weighted by Gasteiger charge is -2.06. The van der Waals surface area contributed by atoms with Gasteiger partial charge in [-0.3, -0.25) is 0 Å². The lowest BCUT2D eigenvalue weighted by molar-refractivity contribution is 0.571. The molecule has 0 unspecified atom stereocenters. The Bertz CT molecular complexity index is 308. The second kappa shape index (κ2) is 4.14. The summed E-state index contributed by atoms with van der Waals surface area (Å²) in [4.78, 5) is 0. The second-order valence-corrected chi connectivity index (χ2v) is 4.18. The highest BCUT2D eigenvalue weighted by Crippen LogP contribution is 2.11. The Labute approximate surface area is 81.0 Å². The molecule has 0 bridgehead atoms. The van der Waals surface area contributed by atoms with Gasteiger partial charge in [-0.15, -0.1) is 0 Å². The monoisotopic (exact) mass is 172 g/mol. The van der Waals surface area contributed by atoms with Crippen LogP contribution in [0.5, 0.6) is 0 Å². The number of hydrogen-bond donors (Lipinski definition) is 0. The van der Waals surface area contributed by atoms with Crippen molar-refractivity contribution in [3.05, 3.63) is 36.0 Å². The molecule has 0 aromatic heterocycles. The molecule has 0 aromatic carbocycles. The smallest absolute Gasteiger partial charge is 0.0234 e. The highest BCUT2D eigenvalue weighted by molar-refractivity contribution is 5.41. The van der Waals surface area contributed by atoms with E-state index in [0.29, 0.717) is 0 Å². The fourth-order valence-electron chi connectivity index (χ4n) is 0.932. The van der Waals surface area contributed by atoms with E-state index in [-0.39, 0.29) is 5.41 Å². The van der Waals surface area contributed by atoms with Crippen molar-refractivity contribution in [1.29, 1.82) is 0 Å². The predicted molar refractivity (Wildman–Crippen MR) is 58.2 cm³/mol. The van der Waals surface area contributed by atoms with E-state index in [1.54, 1.807) is 0 Å². The summed E-state index contributed by atoms with van der Waals surface area (Å²) >= 11 is 0. The Morgan fingerprint density at radius 2 is 2.00 bits per heavy atom. The number of allylic oxidation sites excluding steroid dienone is 6. The van der Waals surface area contributed by atoms with Gasteiger partial charge in [-0.25, -0.2) is 0 Å². The van der Waals surface area contributed by atoms with Gasteiger partial charge in [0.05, 0.1) is 0 Å². The van der Waals surface area contributed by atoms with E-state index in [4.69, 9.17) is 0 Å². The summed E-state index contributed by atoms with van der Waals surface area (Å²) in [5, 5.41) is 0. The molecule has 0 fully saturated rings. The molecule has 0 aliphatic heterocycles. The topological polar surface area (TPSA) is 0 Å². The summed E-state index contributed by atoms with van der Waals surface area (Å²) in [7, 11) is 0.